The van der Waals surface area contributed by atoms with E-state index in [1.165, 1.54) is 12.1 Å². The second kappa shape index (κ2) is 5.75. The van der Waals surface area contributed by atoms with Gasteiger partial charge in [-0.2, -0.15) is 8.42 Å². The minimum Gasteiger partial charge on any atom is -0.266 e. The smallest absolute Gasteiger partial charge is 0.266 e. The molecule has 0 heterocycles. The maximum Gasteiger partial charge on any atom is 0.296 e. The monoisotopic (exact) mass is 474 g/mol. The zero-order valence-corrected chi connectivity index (χ0v) is 15.6. The number of halogens is 3. The minimum absolute atomic E-state index is 0.000130. The van der Waals surface area contributed by atoms with Crippen LogP contribution >= 0.6 is 47.8 Å². The Morgan fingerprint density at radius 2 is 1.74 bits per heavy atom. The highest BCUT2D eigenvalue weighted by Gasteiger charge is 2.62. The van der Waals surface area contributed by atoms with Crippen molar-refractivity contribution >= 4 is 57.9 Å². The summed E-state index contributed by atoms with van der Waals surface area (Å²) in [4.78, 5) is 0.199. The van der Waals surface area contributed by atoms with Crippen LogP contribution in [0.25, 0.3) is 0 Å². The van der Waals surface area contributed by atoms with Crippen LogP contribution in [0.1, 0.15) is 19.3 Å². The van der Waals surface area contributed by atoms with Gasteiger partial charge in [0.15, 0.2) is 0 Å². The van der Waals surface area contributed by atoms with Gasteiger partial charge in [-0.25, -0.2) is 0 Å². The molecule has 106 valence electrons. The second-order valence-electron chi connectivity index (χ2n) is 4.54. The van der Waals surface area contributed by atoms with Crippen LogP contribution in [0.15, 0.2) is 35.2 Å². The van der Waals surface area contributed by atoms with Gasteiger partial charge in [0.1, 0.15) is 0 Å². The molecule has 1 aromatic rings. The Balaban J connectivity index is 1.81. The summed E-state index contributed by atoms with van der Waals surface area (Å²) in [5.74, 6) is 0. The molecule has 0 radical (unpaired) electrons. The molecule has 0 bridgehead atoms. The molecule has 1 atom stereocenters. The lowest BCUT2D eigenvalue weighted by molar-refractivity contribution is 0.307. The summed E-state index contributed by atoms with van der Waals surface area (Å²) in [6, 6.07) is 8.19. The van der Waals surface area contributed by atoms with Crippen LogP contribution in [0.5, 0.6) is 0 Å². The third-order valence-electron chi connectivity index (χ3n) is 3.02. The lowest BCUT2D eigenvalue weighted by Crippen LogP contribution is -2.11. The summed E-state index contributed by atoms with van der Waals surface area (Å²) >= 11 is 10.7. The molecular formula is C12H13Br3O3S. The highest BCUT2D eigenvalue weighted by Crippen LogP contribution is 2.67. The van der Waals surface area contributed by atoms with Crippen LogP contribution in [-0.2, 0) is 14.3 Å². The molecule has 1 aromatic carbocycles. The van der Waals surface area contributed by atoms with E-state index in [2.05, 4.69) is 47.8 Å². The van der Waals surface area contributed by atoms with Gasteiger partial charge >= 0.3 is 0 Å². The minimum atomic E-state index is -3.63. The lowest BCUT2D eigenvalue weighted by Gasteiger charge is -2.10. The molecule has 0 amide bonds. The fourth-order valence-corrected chi connectivity index (χ4v) is 5.53. The molecule has 1 aliphatic carbocycles. The van der Waals surface area contributed by atoms with Crippen LogP contribution in [0.2, 0.25) is 0 Å². The number of benzene rings is 1. The Bertz CT molecular complexity index is 545. The van der Waals surface area contributed by atoms with E-state index in [1.807, 2.05) is 0 Å². The first kappa shape index (κ1) is 15.9. The molecule has 1 aliphatic rings. The maximum atomic E-state index is 11.8. The van der Waals surface area contributed by atoms with Gasteiger partial charge in [-0.1, -0.05) is 66.0 Å². The van der Waals surface area contributed by atoms with Crippen LogP contribution in [-0.4, -0.2) is 22.6 Å². The van der Waals surface area contributed by atoms with Gasteiger partial charge in [0.05, 0.1) is 19.1 Å². The fourth-order valence-electron chi connectivity index (χ4n) is 1.76. The number of rotatable bonds is 6. The van der Waals surface area contributed by atoms with Crippen molar-refractivity contribution in [2.24, 2.45) is 0 Å². The van der Waals surface area contributed by atoms with Gasteiger partial charge in [-0.05, 0) is 31.4 Å². The average Bonchev–Trinajstić information content (AvgIpc) is 2.85. The predicted octanol–water partition coefficient (Wildman–Crippen LogP) is 4.20. The molecule has 1 saturated carbocycles. The second-order valence-corrected chi connectivity index (χ2v) is 11.4. The van der Waals surface area contributed by atoms with Gasteiger partial charge < -0.3 is 0 Å². The Labute approximate surface area is 138 Å². The molecule has 0 aromatic heterocycles. The summed E-state index contributed by atoms with van der Waals surface area (Å²) in [7, 11) is -3.63. The van der Waals surface area contributed by atoms with Crippen LogP contribution in [0.3, 0.4) is 0 Å². The van der Waals surface area contributed by atoms with Crippen molar-refractivity contribution < 1.29 is 12.6 Å². The van der Waals surface area contributed by atoms with E-state index in [0.717, 1.165) is 12.8 Å². The van der Waals surface area contributed by atoms with Crippen molar-refractivity contribution in [2.75, 3.05) is 6.61 Å². The van der Waals surface area contributed by atoms with E-state index in [-0.39, 0.29) is 19.1 Å². The lowest BCUT2D eigenvalue weighted by atomic mass is 10.2. The van der Waals surface area contributed by atoms with E-state index < -0.39 is 10.1 Å². The van der Waals surface area contributed by atoms with Gasteiger partial charge in [0, 0.05) is 0 Å². The van der Waals surface area contributed by atoms with Crippen molar-refractivity contribution in [3.63, 3.8) is 0 Å². The van der Waals surface area contributed by atoms with E-state index in [9.17, 15) is 8.42 Å². The molecule has 0 N–H and O–H groups in total. The first-order chi connectivity index (χ1) is 8.77. The topological polar surface area (TPSA) is 43.4 Å². The molecule has 0 saturated heterocycles. The summed E-state index contributed by atoms with van der Waals surface area (Å²) in [6.45, 7) is 0.195. The Morgan fingerprint density at radius 1 is 1.16 bits per heavy atom. The van der Waals surface area contributed by atoms with Crippen molar-refractivity contribution in [2.45, 2.75) is 31.7 Å². The third kappa shape index (κ3) is 3.81. The Kier molecular flexibility index (Phi) is 4.83. The van der Waals surface area contributed by atoms with Crippen molar-refractivity contribution in [3.05, 3.63) is 30.3 Å². The standard InChI is InChI=1S/C12H13Br3O3S/c13-11(9-12(11,14)15)7-4-8-18-19(16,17)10-5-2-1-3-6-10/h1-3,5-6H,4,7-9H2. The van der Waals surface area contributed by atoms with Gasteiger partial charge in [-0.3, -0.25) is 4.18 Å². The largest absolute Gasteiger partial charge is 0.296 e. The van der Waals surface area contributed by atoms with Crippen LogP contribution in [0, 0.1) is 0 Å². The SMILES string of the molecule is O=S(=O)(OCCCC1(Br)CC1(Br)Br)c1ccccc1. The number of alkyl halides is 3. The van der Waals surface area contributed by atoms with E-state index in [4.69, 9.17) is 4.18 Å². The van der Waals surface area contributed by atoms with E-state index in [0.29, 0.717) is 6.42 Å². The highest BCUT2D eigenvalue weighted by molar-refractivity contribution is 9.26. The van der Waals surface area contributed by atoms with Gasteiger partial charge in [0.25, 0.3) is 10.1 Å². The summed E-state index contributed by atoms with van der Waals surface area (Å²) in [5.41, 5.74) is 0. The molecule has 3 nitrogen and oxygen atoms in total. The zero-order valence-electron chi connectivity index (χ0n) is 9.98. The third-order valence-corrected chi connectivity index (χ3v) is 8.84. The van der Waals surface area contributed by atoms with Crippen molar-refractivity contribution in [3.8, 4) is 0 Å². The van der Waals surface area contributed by atoms with Crippen molar-refractivity contribution in [1.82, 2.24) is 0 Å². The highest BCUT2D eigenvalue weighted by atomic mass is 79.9. The normalized spacial score (nSPS) is 25.2. The van der Waals surface area contributed by atoms with Gasteiger partial charge in [0.2, 0.25) is 0 Å². The average molecular weight is 477 g/mol. The quantitative estimate of drug-likeness (QED) is 0.351. The molecule has 1 unspecified atom stereocenters. The summed E-state index contributed by atoms with van der Waals surface area (Å²) < 4.78 is 28.7. The molecule has 0 spiro atoms. The number of hydrogen-bond acceptors (Lipinski definition) is 3. The fraction of sp³-hybridized carbons (Fsp3) is 0.500. The van der Waals surface area contributed by atoms with Crippen LogP contribution in [0.4, 0.5) is 0 Å². The molecule has 2 rings (SSSR count). The van der Waals surface area contributed by atoms with E-state index in [1.54, 1.807) is 18.2 Å². The van der Waals surface area contributed by atoms with Crippen molar-refractivity contribution in [1.29, 1.82) is 0 Å². The Hall–Kier alpha value is 0.570. The predicted molar refractivity (Wildman–Crippen MR) is 85.7 cm³/mol. The maximum absolute atomic E-state index is 11.8. The number of hydrogen-bond donors (Lipinski definition) is 0. The van der Waals surface area contributed by atoms with Gasteiger partial charge in [-0.15, -0.1) is 0 Å². The zero-order chi connectivity index (χ0) is 14.1. The molecule has 19 heavy (non-hydrogen) atoms. The first-order valence-electron chi connectivity index (χ1n) is 5.78. The molecule has 7 heteroatoms. The summed E-state index contributed by atoms with van der Waals surface area (Å²) in [5, 5.41) is 0. The first-order valence-corrected chi connectivity index (χ1v) is 9.57. The molecule has 1 fully saturated rings. The Morgan fingerprint density at radius 3 is 2.26 bits per heavy atom. The molecular weight excluding hydrogens is 464 g/mol. The van der Waals surface area contributed by atoms with E-state index >= 15 is 0 Å². The van der Waals surface area contributed by atoms with Crippen LogP contribution < -0.4 is 0 Å². The summed E-state index contributed by atoms with van der Waals surface area (Å²) in [6.07, 6.45) is 2.48. The molecule has 0 aliphatic heterocycles.